The van der Waals surface area contributed by atoms with Crippen LogP contribution in [0.5, 0.6) is 0 Å². The third-order valence-electron chi connectivity index (χ3n) is 3.98. The van der Waals surface area contributed by atoms with Crippen LogP contribution in [0.4, 0.5) is 17.1 Å². The van der Waals surface area contributed by atoms with Crippen molar-refractivity contribution in [2.45, 2.75) is 19.4 Å². The largest absolute Gasteiger partial charge is 0.328 e. The van der Waals surface area contributed by atoms with Crippen molar-refractivity contribution in [2.75, 3.05) is 25.0 Å². The average Bonchev–Trinajstić information content (AvgIpc) is 3.07. The second kappa shape index (κ2) is 7.32. The number of anilines is 1. The molecule has 0 saturated carbocycles. The Morgan fingerprint density at radius 3 is 3.09 bits per heavy atom. The molecule has 1 amide bonds. The first kappa shape index (κ1) is 17.1. The van der Waals surface area contributed by atoms with Gasteiger partial charge in [0.05, 0.1) is 23.6 Å². The molecule has 1 aromatic carbocycles. The highest BCUT2D eigenvalue weighted by atomic mass is 35.5. The van der Waals surface area contributed by atoms with Crippen molar-refractivity contribution >= 4 is 46.7 Å². The summed E-state index contributed by atoms with van der Waals surface area (Å²) in [6.45, 7) is 4.26. The summed E-state index contributed by atoms with van der Waals surface area (Å²) in [5, 5.41) is 2.93. The van der Waals surface area contributed by atoms with Crippen molar-refractivity contribution in [3.8, 4) is 0 Å². The topological polar surface area (TPSA) is 83.1 Å². The molecule has 2 unspecified atom stereocenters. The van der Waals surface area contributed by atoms with Gasteiger partial charge in [-0.2, -0.15) is 8.73 Å². The summed E-state index contributed by atoms with van der Waals surface area (Å²) in [6, 6.07) is 5.81. The second-order valence-corrected chi connectivity index (χ2v) is 6.16. The van der Waals surface area contributed by atoms with Crippen LogP contribution in [0, 0.1) is 5.92 Å². The summed E-state index contributed by atoms with van der Waals surface area (Å²) >= 11 is 1.15. The molecular weight excluding hydrogens is 322 g/mol. The van der Waals surface area contributed by atoms with Gasteiger partial charge in [0.15, 0.2) is 0 Å². The number of carbonyl (C=O) groups excluding carboxylic acids is 1. The normalized spacial score (nSPS) is 20.9. The smallest absolute Gasteiger partial charge is 0.238 e. The van der Waals surface area contributed by atoms with Crippen LogP contribution in [0.15, 0.2) is 26.9 Å². The molecule has 1 aromatic rings. The molecule has 2 atom stereocenters. The summed E-state index contributed by atoms with van der Waals surface area (Å²) in [6.07, 6.45) is 1.07. The van der Waals surface area contributed by atoms with Crippen molar-refractivity contribution in [3.63, 3.8) is 0 Å². The third-order valence-corrected chi connectivity index (χ3v) is 4.52. The second-order valence-electron chi connectivity index (χ2n) is 5.63. The zero-order valence-corrected chi connectivity index (χ0v) is 14.0. The van der Waals surface area contributed by atoms with E-state index in [9.17, 15) is 4.79 Å². The van der Waals surface area contributed by atoms with E-state index in [1.54, 1.807) is 0 Å². The van der Waals surface area contributed by atoms with Crippen LogP contribution in [-0.2, 0) is 16.1 Å². The fourth-order valence-electron chi connectivity index (χ4n) is 2.74. The Bertz CT molecular complexity index is 630. The van der Waals surface area contributed by atoms with E-state index in [2.05, 4.69) is 18.9 Å². The van der Waals surface area contributed by atoms with E-state index in [0.29, 0.717) is 12.5 Å². The van der Waals surface area contributed by atoms with Crippen LogP contribution >= 0.6 is 12.4 Å². The van der Waals surface area contributed by atoms with Gasteiger partial charge in [0.1, 0.15) is 11.4 Å². The number of fused-ring (bicyclic) bond motifs is 1. The lowest BCUT2D eigenvalue weighted by molar-refractivity contribution is -0.117. The summed E-state index contributed by atoms with van der Waals surface area (Å²) in [5.41, 5.74) is 8.23. The van der Waals surface area contributed by atoms with Gasteiger partial charge in [0.2, 0.25) is 5.91 Å². The molecule has 1 saturated heterocycles. The van der Waals surface area contributed by atoms with Gasteiger partial charge < -0.3 is 11.1 Å². The third kappa shape index (κ3) is 3.73. The van der Waals surface area contributed by atoms with Gasteiger partial charge in [-0.1, -0.05) is 6.07 Å². The molecule has 120 valence electrons. The molecule has 3 rings (SSSR count). The number of benzene rings is 1. The molecule has 0 bridgehead atoms. The van der Waals surface area contributed by atoms with E-state index in [1.807, 2.05) is 25.1 Å². The minimum atomic E-state index is -0.0131. The molecule has 2 aliphatic rings. The maximum absolute atomic E-state index is 12.2. The SMILES string of the molecule is CC(N)C1CCN(CC(=O)Nc2cccc3c2N=S=N3)C1.Cl. The molecule has 2 heterocycles. The van der Waals surface area contributed by atoms with E-state index in [-0.39, 0.29) is 24.4 Å². The molecule has 3 N–H and O–H groups in total. The highest BCUT2D eigenvalue weighted by Gasteiger charge is 2.26. The van der Waals surface area contributed by atoms with E-state index in [0.717, 1.165) is 47.9 Å². The van der Waals surface area contributed by atoms with Crippen LogP contribution in [-0.4, -0.2) is 36.5 Å². The molecule has 22 heavy (non-hydrogen) atoms. The van der Waals surface area contributed by atoms with E-state index >= 15 is 0 Å². The van der Waals surface area contributed by atoms with Gasteiger partial charge in [-0.3, -0.25) is 9.69 Å². The van der Waals surface area contributed by atoms with E-state index in [4.69, 9.17) is 5.73 Å². The number of nitrogens with two attached hydrogens (primary N) is 1. The maximum atomic E-state index is 12.2. The summed E-state index contributed by atoms with van der Waals surface area (Å²) in [7, 11) is 0. The summed E-state index contributed by atoms with van der Waals surface area (Å²) in [4.78, 5) is 14.3. The highest BCUT2D eigenvalue weighted by molar-refractivity contribution is 7.58. The number of halogens is 1. The molecule has 2 aliphatic heterocycles. The summed E-state index contributed by atoms with van der Waals surface area (Å²) < 4.78 is 8.40. The van der Waals surface area contributed by atoms with Crippen LogP contribution in [0.1, 0.15) is 13.3 Å². The van der Waals surface area contributed by atoms with Crippen LogP contribution in [0.25, 0.3) is 0 Å². The lowest BCUT2D eigenvalue weighted by Gasteiger charge is -2.17. The average molecular weight is 342 g/mol. The van der Waals surface area contributed by atoms with Gasteiger partial charge in [-0.05, 0) is 37.9 Å². The van der Waals surface area contributed by atoms with Crippen molar-refractivity contribution in [1.29, 1.82) is 0 Å². The number of rotatable bonds is 4. The van der Waals surface area contributed by atoms with Crippen LogP contribution in [0.3, 0.4) is 0 Å². The highest BCUT2D eigenvalue weighted by Crippen LogP contribution is 2.38. The molecule has 0 aromatic heterocycles. The Kier molecular flexibility index (Phi) is 5.69. The van der Waals surface area contributed by atoms with Crippen molar-refractivity contribution in [3.05, 3.63) is 18.2 Å². The molecular formula is C14H20ClN5OS. The Hall–Kier alpha value is -1.28. The molecule has 0 radical (unpaired) electrons. The molecule has 8 heteroatoms. The molecule has 6 nitrogen and oxygen atoms in total. The zero-order chi connectivity index (χ0) is 14.8. The Labute approximate surface area is 139 Å². The molecule has 0 spiro atoms. The van der Waals surface area contributed by atoms with Crippen LogP contribution < -0.4 is 11.1 Å². The predicted octanol–water partition coefficient (Wildman–Crippen LogP) is 2.44. The number of hydrogen-bond acceptors (Lipinski definition) is 5. The maximum Gasteiger partial charge on any atom is 0.238 e. The van der Waals surface area contributed by atoms with Gasteiger partial charge in [0.25, 0.3) is 0 Å². The summed E-state index contributed by atoms with van der Waals surface area (Å²) in [5.74, 6) is 0.477. The first-order chi connectivity index (χ1) is 10.1. The minimum Gasteiger partial charge on any atom is -0.328 e. The first-order valence-electron chi connectivity index (χ1n) is 7.12. The lowest BCUT2D eigenvalue weighted by Crippen LogP contribution is -2.34. The predicted molar refractivity (Wildman–Crippen MR) is 92.1 cm³/mol. The number of nitrogens with zero attached hydrogens (tertiary/aromatic N) is 3. The molecule has 0 aliphatic carbocycles. The van der Waals surface area contributed by atoms with E-state index < -0.39 is 0 Å². The lowest BCUT2D eigenvalue weighted by atomic mass is 10.0. The quantitative estimate of drug-likeness (QED) is 0.895. The number of hydrogen-bond donors (Lipinski definition) is 2. The fourth-order valence-corrected chi connectivity index (χ4v) is 3.28. The van der Waals surface area contributed by atoms with Gasteiger partial charge in [-0.25, -0.2) is 0 Å². The van der Waals surface area contributed by atoms with Gasteiger partial charge in [0, 0.05) is 12.6 Å². The number of carbonyl (C=O) groups is 1. The van der Waals surface area contributed by atoms with Crippen molar-refractivity contribution < 1.29 is 4.79 Å². The Morgan fingerprint density at radius 1 is 1.55 bits per heavy atom. The minimum absolute atomic E-state index is 0. The van der Waals surface area contributed by atoms with Gasteiger partial charge in [-0.15, -0.1) is 12.4 Å². The molecule has 1 fully saturated rings. The number of nitrogens with one attached hydrogen (secondary N) is 1. The standard InChI is InChI=1S/C14H19N5OS.ClH/c1-9(15)10-5-6-19(7-10)8-13(20)16-11-3-2-4-12-14(11)18-21-17-12;/h2-4,9-10H,5-8,15H2,1H3,(H,16,20);1H. The van der Waals surface area contributed by atoms with E-state index in [1.165, 1.54) is 0 Å². The van der Waals surface area contributed by atoms with Crippen LogP contribution in [0.2, 0.25) is 0 Å². The Morgan fingerprint density at radius 2 is 2.36 bits per heavy atom. The monoisotopic (exact) mass is 341 g/mol. The first-order valence-corrected chi connectivity index (χ1v) is 7.85. The zero-order valence-electron chi connectivity index (χ0n) is 12.4. The van der Waals surface area contributed by atoms with Crippen molar-refractivity contribution in [2.24, 2.45) is 20.4 Å². The Balaban J connectivity index is 0.00000176. The van der Waals surface area contributed by atoms with Crippen molar-refractivity contribution in [1.82, 2.24) is 4.90 Å². The number of likely N-dealkylation sites (tertiary alicyclic amines) is 1. The fraction of sp³-hybridized carbons (Fsp3) is 0.500. The van der Waals surface area contributed by atoms with Gasteiger partial charge >= 0.3 is 0 Å². The number of amides is 1.